The lowest BCUT2D eigenvalue weighted by Gasteiger charge is -2.24. The minimum Gasteiger partial charge on any atom is -0.481 e. The third-order valence-corrected chi connectivity index (χ3v) is 5.31. The van der Waals surface area contributed by atoms with E-state index in [1.165, 1.54) is 0 Å². The van der Waals surface area contributed by atoms with Crippen molar-refractivity contribution < 1.29 is 14.7 Å². The molecule has 0 fully saturated rings. The van der Waals surface area contributed by atoms with Gasteiger partial charge in [-0.25, -0.2) is 0 Å². The first-order chi connectivity index (χ1) is 14.3. The first kappa shape index (κ1) is 21.4. The highest BCUT2D eigenvalue weighted by atomic mass is 16.4. The highest BCUT2D eigenvalue weighted by Crippen LogP contribution is 2.23. The molecule has 0 bridgehead atoms. The minimum atomic E-state index is -0.873. The Balaban J connectivity index is 1.51. The molecule has 0 aliphatic carbocycles. The number of fused-ring (bicyclic) bond motifs is 1. The molecule has 0 spiro atoms. The Kier molecular flexibility index (Phi) is 6.71. The third-order valence-electron chi connectivity index (χ3n) is 5.31. The van der Waals surface area contributed by atoms with E-state index >= 15 is 0 Å². The van der Waals surface area contributed by atoms with Gasteiger partial charge in [-0.1, -0.05) is 12.1 Å². The summed E-state index contributed by atoms with van der Waals surface area (Å²) >= 11 is 0. The quantitative estimate of drug-likeness (QED) is 0.440. The Labute approximate surface area is 174 Å². The molecule has 2 aromatic rings. The second kappa shape index (κ2) is 9.43. The van der Waals surface area contributed by atoms with Crippen LogP contribution >= 0.6 is 0 Å². The number of carboxylic acids is 1. The van der Waals surface area contributed by atoms with Crippen LogP contribution in [0.5, 0.6) is 0 Å². The molecule has 0 radical (unpaired) electrons. The van der Waals surface area contributed by atoms with E-state index in [4.69, 9.17) is 10.8 Å². The van der Waals surface area contributed by atoms with Crippen LogP contribution in [0.4, 0.5) is 11.8 Å². The number of anilines is 2. The van der Waals surface area contributed by atoms with Crippen LogP contribution in [0.1, 0.15) is 47.7 Å². The fraction of sp³-hybridized carbons (Fsp3) is 0.429. The molecular weight excluding hydrogens is 386 g/mol. The van der Waals surface area contributed by atoms with Gasteiger partial charge in [0, 0.05) is 24.6 Å². The van der Waals surface area contributed by atoms with E-state index in [1.807, 2.05) is 12.1 Å². The molecule has 1 amide bonds. The molecule has 30 heavy (non-hydrogen) atoms. The van der Waals surface area contributed by atoms with Gasteiger partial charge in [0.25, 0.3) is 11.5 Å². The minimum absolute atomic E-state index is 0.0240. The number of aliphatic carboxylic acids is 1. The van der Waals surface area contributed by atoms with E-state index in [-0.39, 0.29) is 29.9 Å². The molecule has 0 saturated carbocycles. The number of hydrogen-bond donors (Lipinski definition) is 5. The topological polar surface area (TPSA) is 150 Å². The number of nitrogens with two attached hydrogens (primary N) is 1. The van der Waals surface area contributed by atoms with E-state index in [2.05, 4.69) is 20.6 Å². The van der Waals surface area contributed by atoms with Crippen LogP contribution in [-0.2, 0) is 17.6 Å². The number of carbonyl (C=O) groups excluding carboxylic acids is 1. The highest BCUT2D eigenvalue weighted by Gasteiger charge is 2.22. The van der Waals surface area contributed by atoms with Gasteiger partial charge in [-0.2, -0.15) is 4.98 Å². The van der Waals surface area contributed by atoms with Crippen molar-refractivity contribution >= 4 is 23.6 Å². The van der Waals surface area contributed by atoms with Crippen LogP contribution < -0.4 is 21.9 Å². The van der Waals surface area contributed by atoms with Gasteiger partial charge < -0.3 is 21.5 Å². The molecule has 9 nitrogen and oxygen atoms in total. The number of nitrogens with zero attached hydrogens (tertiary/aromatic N) is 1. The average molecular weight is 413 g/mol. The average Bonchev–Trinajstić information content (AvgIpc) is 2.71. The molecule has 2 heterocycles. The fourth-order valence-corrected chi connectivity index (χ4v) is 3.57. The number of rotatable bonds is 8. The zero-order chi connectivity index (χ0) is 21.7. The van der Waals surface area contributed by atoms with Crippen LogP contribution in [0.3, 0.4) is 0 Å². The summed E-state index contributed by atoms with van der Waals surface area (Å²) in [5.74, 6) is -0.0896. The summed E-state index contributed by atoms with van der Waals surface area (Å²) in [6.45, 7) is 2.53. The Morgan fingerprint density at radius 1 is 1.33 bits per heavy atom. The summed E-state index contributed by atoms with van der Waals surface area (Å²) in [5, 5.41) is 14.7. The standard InChI is InChI=1S/C21H27N5O4/c1-12(2-9-17(27)28)24-19(29)15-7-5-13(6-8-15)3-4-14-10-16-18(23-11-14)25-21(22)26-20(16)30/h5-8,12,14H,2-4,9-11H2,1H3,(H,24,29)(H,27,28)(H4,22,23,25,26,30)/t12-,14-/m1/s1. The number of carbonyl (C=O) groups is 2. The number of aryl methyl sites for hydroxylation is 1. The summed E-state index contributed by atoms with van der Waals surface area (Å²) < 4.78 is 0. The lowest BCUT2D eigenvalue weighted by molar-refractivity contribution is -0.137. The van der Waals surface area contributed by atoms with E-state index in [0.29, 0.717) is 35.7 Å². The summed E-state index contributed by atoms with van der Waals surface area (Å²) in [7, 11) is 0. The second-order valence-electron chi connectivity index (χ2n) is 7.77. The molecule has 1 aliphatic rings. The molecule has 0 saturated heterocycles. The molecule has 0 unspecified atom stereocenters. The molecule has 1 aliphatic heterocycles. The molecule has 3 rings (SSSR count). The Morgan fingerprint density at radius 2 is 2.07 bits per heavy atom. The number of benzene rings is 1. The van der Waals surface area contributed by atoms with Gasteiger partial charge in [-0.15, -0.1) is 0 Å². The van der Waals surface area contributed by atoms with Crippen molar-refractivity contribution in [3.8, 4) is 0 Å². The van der Waals surface area contributed by atoms with E-state index in [0.717, 1.165) is 24.9 Å². The molecule has 9 heteroatoms. The summed E-state index contributed by atoms with van der Waals surface area (Å²) in [6, 6.07) is 7.20. The van der Waals surface area contributed by atoms with Crippen LogP contribution in [0.25, 0.3) is 0 Å². The van der Waals surface area contributed by atoms with Crippen molar-refractivity contribution in [3.05, 3.63) is 51.3 Å². The van der Waals surface area contributed by atoms with Crippen molar-refractivity contribution in [2.45, 2.75) is 45.1 Å². The van der Waals surface area contributed by atoms with Crippen molar-refractivity contribution in [1.29, 1.82) is 0 Å². The Morgan fingerprint density at radius 3 is 2.77 bits per heavy atom. The lowest BCUT2D eigenvalue weighted by atomic mass is 9.91. The number of carboxylic acid groups (broad SMARTS) is 1. The highest BCUT2D eigenvalue weighted by molar-refractivity contribution is 5.94. The van der Waals surface area contributed by atoms with Gasteiger partial charge in [0.1, 0.15) is 5.82 Å². The summed E-state index contributed by atoms with van der Waals surface area (Å²) in [5.41, 5.74) is 7.69. The SMILES string of the molecule is C[C@H](CCC(=O)O)NC(=O)c1ccc(CC[C@H]2CNc3nc(N)[nH]c(=O)c3C2)cc1. The van der Waals surface area contributed by atoms with Crippen LogP contribution in [0.2, 0.25) is 0 Å². The van der Waals surface area contributed by atoms with Gasteiger partial charge in [0.05, 0.1) is 5.56 Å². The van der Waals surface area contributed by atoms with Gasteiger partial charge in [0.2, 0.25) is 5.95 Å². The summed E-state index contributed by atoms with van der Waals surface area (Å²) in [6.07, 6.45) is 2.80. The number of aromatic nitrogens is 2. The maximum atomic E-state index is 12.3. The maximum Gasteiger partial charge on any atom is 0.303 e. The maximum absolute atomic E-state index is 12.3. The molecule has 2 atom stereocenters. The zero-order valence-corrected chi connectivity index (χ0v) is 16.9. The monoisotopic (exact) mass is 413 g/mol. The van der Waals surface area contributed by atoms with Crippen LogP contribution in [-0.4, -0.2) is 39.5 Å². The lowest BCUT2D eigenvalue weighted by Crippen LogP contribution is -2.32. The van der Waals surface area contributed by atoms with Crippen molar-refractivity contribution in [2.75, 3.05) is 17.6 Å². The number of amides is 1. The van der Waals surface area contributed by atoms with Gasteiger partial charge in [-0.05, 0) is 56.2 Å². The van der Waals surface area contributed by atoms with Crippen molar-refractivity contribution in [1.82, 2.24) is 15.3 Å². The number of hydrogen-bond acceptors (Lipinski definition) is 6. The number of nitrogen functional groups attached to an aromatic ring is 1. The van der Waals surface area contributed by atoms with Crippen LogP contribution in [0, 0.1) is 5.92 Å². The first-order valence-electron chi connectivity index (χ1n) is 10.1. The smallest absolute Gasteiger partial charge is 0.303 e. The molecule has 6 N–H and O–H groups in total. The largest absolute Gasteiger partial charge is 0.481 e. The van der Waals surface area contributed by atoms with Gasteiger partial charge in [-0.3, -0.25) is 19.4 Å². The zero-order valence-electron chi connectivity index (χ0n) is 16.9. The number of H-pyrrole nitrogens is 1. The molecule has 1 aromatic heterocycles. The fourth-order valence-electron chi connectivity index (χ4n) is 3.57. The van der Waals surface area contributed by atoms with Crippen molar-refractivity contribution in [2.24, 2.45) is 5.92 Å². The van der Waals surface area contributed by atoms with Crippen molar-refractivity contribution in [3.63, 3.8) is 0 Å². The number of nitrogens with one attached hydrogen (secondary N) is 3. The van der Waals surface area contributed by atoms with Crippen LogP contribution in [0.15, 0.2) is 29.1 Å². The first-order valence-corrected chi connectivity index (χ1v) is 10.1. The Hall–Kier alpha value is -3.36. The molecule has 160 valence electrons. The third kappa shape index (κ3) is 5.59. The normalized spacial score (nSPS) is 16.2. The molecule has 1 aromatic carbocycles. The molecular formula is C21H27N5O4. The van der Waals surface area contributed by atoms with E-state index in [9.17, 15) is 14.4 Å². The summed E-state index contributed by atoms with van der Waals surface area (Å²) in [4.78, 5) is 41.6. The van der Waals surface area contributed by atoms with Gasteiger partial charge >= 0.3 is 5.97 Å². The van der Waals surface area contributed by atoms with E-state index in [1.54, 1.807) is 19.1 Å². The predicted octanol–water partition coefficient (Wildman–Crippen LogP) is 1.55. The predicted molar refractivity (Wildman–Crippen MR) is 114 cm³/mol. The number of aromatic amines is 1. The van der Waals surface area contributed by atoms with Gasteiger partial charge in [0.15, 0.2) is 0 Å². The van der Waals surface area contributed by atoms with E-state index < -0.39 is 5.97 Å². The Bertz CT molecular complexity index is 970. The second-order valence-corrected chi connectivity index (χ2v) is 7.77.